The highest BCUT2D eigenvalue weighted by Gasteiger charge is 2.31. The summed E-state index contributed by atoms with van der Waals surface area (Å²) < 4.78 is 40.1. The van der Waals surface area contributed by atoms with Gasteiger partial charge in [-0.25, -0.2) is 0 Å². The van der Waals surface area contributed by atoms with Gasteiger partial charge in [-0.1, -0.05) is 6.07 Å². The fourth-order valence-electron chi connectivity index (χ4n) is 2.01. The molecule has 0 aliphatic carbocycles. The van der Waals surface area contributed by atoms with Crippen LogP contribution in [0, 0.1) is 0 Å². The summed E-state index contributed by atoms with van der Waals surface area (Å²) in [6.07, 6.45) is -4.79. The first kappa shape index (κ1) is 18.3. The number of rotatable bonds is 5. The Bertz CT molecular complexity index is 758. The molecule has 0 bridgehead atoms. The molecule has 8 heteroatoms. The average molecular weight is 352 g/mol. The second kappa shape index (κ2) is 7.69. The van der Waals surface area contributed by atoms with Crippen molar-refractivity contribution in [3.05, 3.63) is 59.7 Å². The van der Waals surface area contributed by atoms with Crippen LogP contribution in [0.25, 0.3) is 0 Å². The predicted molar refractivity (Wildman–Crippen MR) is 85.5 cm³/mol. The van der Waals surface area contributed by atoms with E-state index in [0.29, 0.717) is 17.8 Å². The largest absolute Gasteiger partial charge is 0.573 e. The number of benzene rings is 2. The Hall–Kier alpha value is -3.03. The molecule has 0 aliphatic heterocycles. The van der Waals surface area contributed by atoms with Gasteiger partial charge in [0.1, 0.15) is 5.75 Å². The molecule has 2 aromatic rings. The van der Waals surface area contributed by atoms with Gasteiger partial charge in [-0.3, -0.25) is 9.59 Å². The minimum absolute atomic E-state index is 0.151. The molecule has 2 rings (SSSR count). The van der Waals surface area contributed by atoms with E-state index in [2.05, 4.69) is 15.4 Å². The molecule has 0 atom stereocenters. The molecule has 132 valence electrons. The Morgan fingerprint density at radius 3 is 2.28 bits per heavy atom. The van der Waals surface area contributed by atoms with Gasteiger partial charge < -0.3 is 15.4 Å². The van der Waals surface area contributed by atoms with Crippen molar-refractivity contribution < 1.29 is 27.5 Å². The highest BCUT2D eigenvalue weighted by molar-refractivity contribution is 6.05. The molecule has 2 amide bonds. The SMILES string of the molecule is CCNC(=O)c1cccc(NC(=O)c2ccc(OC(F)(F)F)cc2)c1. The van der Waals surface area contributed by atoms with Gasteiger partial charge in [-0.05, 0) is 49.4 Å². The first-order valence-electron chi connectivity index (χ1n) is 7.34. The molecular weight excluding hydrogens is 337 g/mol. The van der Waals surface area contributed by atoms with Gasteiger partial charge in [0.2, 0.25) is 0 Å². The van der Waals surface area contributed by atoms with Gasteiger partial charge in [0.25, 0.3) is 11.8 Å². The number of anilines is 1. The van der Waals surface area contributed by atoms with E-state index < -0.39 is 18.0 Å². The second-order valence-corrected chi connectivity index (χ2v) is 4.97. The molecule has 0 aliphatic rings. The van der Waals surface area contributed by atoms with Crippen LogP contribution in [0.4, 0.5) is 18.9 Å². The number of amides is 2. The maximum absolute atomic E-state index is 12.1. The minimum atomic E-state index is -4.79. The summed E-state index contributed by atoms with van der Waals surface area (Å²) in [7, 11) is 0. The van der Waals surface area contributed by atoms with Crippen LogP contribution in [-0.4, -0.2) is 24.7 Å². The van der Waals surface area contributed by atoms with Gasteiger partial charge in [0, 0.05) is 23.4 Å². The van der Waals surface area contributed by atoms with E-state index in [4.69, 9.17) is 0 Å². The molecule has 0 radical (unpaired) electrons. The monoisotopic (exact) mass is 352 g/mol. The normalized spacial score (nSPS) is 10.9. The maximum Gasteiger partial charge on any atom is 0.573 e. The number of nitrogens with one attached hydrogen (secondary N) is 2. The number of hydrogen-bond donors (Lipinski definition) is 2. The van der Waals surface area contributed by atoms with Crippen LogP contribution >= 0.6 is 0 Å². The molecular formula is C17H15F3N2O3. The number of carbonyl (C=O) groups excluding carboxylic acids is 2. The number of carbonyl (C=O) groups is 2. The molecule has 0 saturated heterocycles. The summed E-state index contributed by atoms with van der Waals surface area (Å²) in [5, 5.41) is 5.22. The Morgan fingerprint density at radius 1 is 1.00 bits per heavy atom. The zero-order chi connectivity index (χ0) is 18.4. The molecule has 2 aromatic carbocycles. The van der Waals surface area contributed by atoms with Crippen molar-refractivity contribution in [1.29, 1.82) is 0 Å². The van der Waals surface area contributed by atoms with Gasteiger partial charge in [0.15, 0.2) is 0 Å². The smallest absolute Gasteiger partial charge is 0.406 e. The van der Waals surface area contributed by atoms with Crippen molar-refractivity contribution in [3.8, 4) is 5.75 Å². The number of alkyl halides is 3. The standard InChI is InChI=1S/C17H15F3N2O3/c1-2-21-15(23)12-4-3-5-13(10-12)22-16(24)11-6-8-14(9-7-11)25-17(18,19)20/h3-10H,2H2,1H3,(H,21,23)(H,22,24). The van der Waals surface area contributed by atoms with Gasteiger partial charge in [-0.15, -0.1) is 13.2 Å². The zero-order valence-corrected chi connectivity index (χ0v) is 13.2. The van der Waals surface area contributed by atoms with Crippen LogP contribution in [0.1, 0.15) is 27.6 Å². The van der Waals surface area contributed by atoms with Crippen LogP contribution in [0.15, 0.2) is 48.5 Å². The highest BCUT2D eigenvalue weighted by Crippen LogP contribution is 2.23. The Balaban J connectivity index is 2.07. The van der Waals surface area contributed by atoms with E-state index in [1.54, 1.807) is 25.1 Å². The predicted octanol–water partition coefficient (Wildman–Crippen LogP) is 3.59. The van der Waals surface area contributed by atoms with E-state index in [-0.39, 0.29) is 11.5 Å². The molecule has 2 N–H and O–H groups in total. The number of ether oxygens (including phenoxy) is 1. The van der Waals surface area contributed by atoms with Crippen molar-refractivity contribution in [1.82, 2.24) is 5.32 Å². The third kappa shape index (κ3) is 5.52. The first-order valence-corrected chi connectivity index (χ1v) is 7.34. The lowest BCUT2D eigenvalue weighted by Gasteiger charge is -2.10. The molecule has 0 saturated carbocycles. The number of hydrogen-bond acceptors (Lipinski definition) is 3. The molecule has 0 unspecified atom stereocenters. The van der Waals surface area contributed by atoms with E-state index >= 15 is 0 Å². The van der Waals surface area contributed by atoms with E-state index in [9.17, 15) is 22.8 Å². The molecule has 0 spiro atoms. The quantitative estimate of drug-likeness (QED) is 0.864. The second-order valence-electron chi connectivity index (χ2n) is 4.97. The van der Waals surface area contributed by atoms with E-state index in [0.717, 1.165) is 12.1 Å². The van der Waals surface area contributed by atoms with Crippen LogP contribution < -0.4 is 15.4 Å². The lowest BCUT2D eigenvalue weighted by Crippen LogP contribution is -2.22. The summed E-state index contributed by atoms with van der Waals surface area (Å²) in [4.78, 5) is 23.9. The summed E-state index contributed by atoms with van der Waals surface area (Å²) >= 11 is 0. The van der Waals surface area contributed by atoms with Gasteiger partial charge in [-0.2, -0.15) is 0 Å². The van der Waals surface area contributed by atoms with Crippen molar-refractivity contribution in [2.24, 2.45) is 0 Å². The van der Waals surface area contributed by atoms with Crippen molar-refractivity contribution in [2.75, 3.05) is 11.9 Å². The molecule has 5 nitrogen and oxygen atoms in total. The topological polar surface area (TPSA) is 67.4 Å². The van der Waals surface area contributed by atoms with Crippen molar-refractivity contribution in [2.45, 2.75) is 13.3 Å². The zero-order valence-electron chi connectivity index (χ0n) is 13.2. The molecule has 25 heavy (non-hydrogen) atoms. The van der Waals surface area contributed by atoms with Gasteiger partial charge >= 0.3 is 6.36 Å². The van der Waals surface area contributed by atoms with Crippen molar-refractivity contribution >= 4 is 17.5 Å². The fourth-order valence-corrected chi connectivity index (χ4v) is 2.01. The average Bonchev–Trinajstić information content (AvgIpc) is 2.54. The highest BCUT2D eigenvalue weighted by atomic mass is 19.4. The molecule has 0 aromatic heterocycles. The third-order valence-corrected chi connectivity index (χ3v) is 3.07. The summed E-state index contributed by atoms with van der Waals surface area (Å²) in [6, 6.07) is 10.8. The summed E-state index contributed by atoms with van der Waals surface area (Å²) in [5.41, 5.74) is 0.927. The molecule has 0 fully saturated rings. The van der Waals surface area contributed by atoms with E-state index in [1.165, 1.54) is 18.2 Å². The number of halogens is 3. The summed E-state index contributed by atoms with van der Waals surface area (Å²) in [5.74, 6) is -1.21. The molecule has 0 heterocycles. The summed E-state index contributed by atoms with van der Waals surface area (Å²) in [6.45, 7) is 2.26. The van der Waals surface area contributed by atoms with E-state index in [1.807, 2.05) is 0 Å². The Labute approximate surface area is 141 Å². The van der Waals surface area contributed by atoms with Crippen LogP contribution in [0.2, 0.25) is 0 Å². The Morgan fingerprint density at radius 2 is 1.68 bits per heavy atom. The Kier molecular flexibility index (Phi) is 5.63. The lowest BCUT2D eigenvalue weighted by molar-refractivity contribution is -0.274. The first-order chi connectivity index (χ1) is 11.8. The third-order valence-electron chi connectivity index (χ3n) is 3.07. The fraction of sp³-hybridized carbons (Fsp3) is 0.176. The maximum atomic E-state index is 12.1. The van der Waals surface area contributed by atoms with Gasteiger partial charge in [0.05, 0.1) is 0 Å². The van der Waals surface area contributed by atoms with Crippen LogP contribution in [-0.2, 0) is 0 Å². The lowest BCUT2D eigenvalue weighted by atomic mass is 10.1. The van der Waals surface area contributed by atoms with Crippen LogP contribution in [0.3, 0.4) is 0 Å². The van der Waals surface area contributed by atoms with Crippen LogP contribution in [0.5, 0.6) is 5.75 Å². The minimum Gasteiger partial charge on any atom is -0.406 e. The van der Waals surface area contributed by atoms with Crippen molar-refractivity contribution in [3.63, 3.8) is 0 Å².